The van der Waals surface area contributed by atoms with Crippen LogP contribution in [0, 0.1) is 0 Å². The molecule has 0 radical (unpaired) electrons. The van der Waals surface area contributed by atoms with E-state index < -0.39 is 0 Å². The van der Waals surface area contributed by atoms with Crippen molar-refractivity contribution in [2.45, 2.75) is 19.3 Å². The minimum atomic E-state index is -0.101. The first-order valence-electron chi connectivity index (χ1n) is 20.7. The molecule has 1 aliphatic carbocycles. The second kappa shape index (κ2) is 14.0. The van der Waals surface area contributed by atoms with Crippen LogP contribution in [0.1, 0.15) is 41.7 Å². The van der Waals surface area contributed by atoms with Crippen molar-refractivity contribution in [3.8, 4) is 44.5 Å². The summed E-state index contributed by atoms with van der Waals surface area (Å²) in [5.74, 6) is 0. The van der Waals surface area contributed by atoms with Gasteiger partial charge in [0.25, 0.3) is 0 Å². The van der Waals surface area contributed by atoms with Crippen molar-refractivity contribution < 1.29 is 0 Å². The molecule has 0 saturated heterocycles. The molecule has 0 nitrogen and oxygen atoms in total. The Morgan fingerprint density at radius 3 is 1.68 bits per heavy atom. The summed E-state index contributed by atoms with van der Waals surface area (Å²) in [5, 5.41) is 7.52. The lowest BCUT2D eigenvalue weighted by Gasteiger charge is -2.23. The van der Waals surface area contributed by atoms with Crippen LogP contribution in [-0.4, -0.2) is 0 Å². The van der Waals surface area contributed by atoms with Gasteiger partial charge in [-0.05, 0) is 141 Å². The maximum absolute atomic E-state index is 2.49. The highest BCUT2D eigenvalue weighted by molar-refractivity contribution is 6.22. The van der Waals surface area contributed by atoms with Gasteiger partial charge >= 0.3 is 0 Å². The summed E-state index contributed by atoms with van der Waals surface area (Å²) in [7, 11) is 0. The van der Waals surface area contributed by atoms with Gasteiger partial charge in [0.1, 0.15) is 0 Å². The molecule has 0 unspecified atom stereocenters. The summed E-state index contributed by atoms with van der Waals surface area (Å²) in [5.41, 5.74) is 17.6. The minimum absolute atomic E-state index is 0.101. The number of hydrogen-bond acceptors (Lipinski definition) is 0. The van der Waals surface area contributed by atoms with Gasteiger partial charge in [0, 0.05) is 5.41 Å². The zero-order valence-corrected chi connectivity index (χ0v) is 33.3. The van der Waals surface area contributed by atoms with E-state index in [1.165, 1.54) is 110 Å². The van der Waals surface area contributed by atoms with Crippen molar-refractivity contribution in [2.75, 3.05) is 0 Å². The number of hydrogen-bond donors (Lipinski definition) is 0. The molecule has 278 valence electrons. The second-order valence-electron chi connectivity index (χ2n) is 16.5. The maximum atomic E-state index is 2.49. The van der Waals surface area contributed by atoms with E-state index in [0.717, 1.165) is 0 Å². The average Bonchev–Trinajstić information content (AvgIpc) is 3.52. The zero-order valence-electron chi connectivity index (χ0n) is 33.3. The SMILES string of the molecule is CC1(C)c2ccccc2-c2ccc(-c3c4ccccc4c(-c4cccc(C=C(c5ccccc5)c5ccccc5)c4)c4ccc(-c5ccc6ccccc6c5)cc34)cc21. The fourth-order valence-electron chi connectivity index (χ4n) is 9.73. The highest BCUT2D eigenvalue weighted by Crippen LogP contribution is 2.51. The molecule has 0 aliphatic heterocycles. The minimum Gasteiger partial charge on any atom is -0.0622 e. The molecule has 0 spiro atoms. The predicted octanol–water partition coefficient (Wildman–Crippen LogP) is 16.0. The lowest BCUT2D eigenvalue weighted by molar-refractivity contribution is 0.660. The molecule has 11 rings (SSSR count). The van der Waals surface area contributed by atoms with Crippen LogP contribution in [0.3, 0.4) is 0 Å². The number of rotatable bonds is 6. The smallest absolute Gasteiger partial charge is 0.0159 e. The Kier molecular flexibility index (Phi) is 8.27. The van der Waals surface area contributed by atoms with Gasteiger partial charge in [0.2, 0.25) is 0 Å². The van der Waals surface area contributed by atoms with E-state index in [1.54, 1.807) is 0 Å². The molecule has 0 N–H and O–H groups in total. The van der Waals surface area contributed by atoms with E-state index in [4.69, 9.17) is 0 Å². The number of benzene rings is 10. The standard InChI is InChI=1S/C59H42/c1-59(2)55-27-14-13-24-48(55)49-32-31-47(38-56(49)59)58-51-26-12-11-25-50(51)57(52-33-30-45(37-54(52)58)44-29-28-40-17-9-10-22-43(40)36-44)46-23-15-16-39(34-46)35-53(41-18-5-3-6-19-41)42-20-7-4-8-21-42/h3-38H,1-2H3. The summed E-state index contributed by atoms with van der Waals surface area (Å²) in [6.07, 6.45) is 2.34. The van der Waals surface area contributed by atoms with Crippen LogP contribution in [0.25, 0.3) is 88.5 Å². The van der Waals surface area contributed by atoms with Gasteiger partial charge in [-0.1, -0.05) is 202 Å². The Labute approximate surface area is 346 Å². The summed E-state index contributed by atoms with van der Waals surface area (Å²) in [6.45, 7) is 4.75. The van der Waals surface area contributed by atoms with E-state index in [2.05, 4.69) is 232 Å². The van der Waals surface area contributed by atoms with E-state index in [1.807, 2.05) is 0 Å². The molecule has 10 aromatic carbocycles. The molecule has 0 atom stereocenters. The van der Waals surface area contributed by atoms with Crippen molar-refractivity contribution in [2.24, 2.45) is 0 Å². The van der Waals surface area contributed by atoms with Crippen LogP contribution in [0.2, 0.25) is 0 Å². The van der Waals surface area contributed by atoms with Crippen LogP contribution in [-0.2, 0) is 5.41 Å². The van der Waals surface area contributed by atoms with Crippen molar-refractivity contribution in [3.63, 3.8) is 0 Å². The molecule has 0 heterocycles. The molecule has 59 heavy (non-hydrogen) atoms. The Morgan fingerprint density at radius 2 is 0.915 bits per heavy atom. The Hall–Kier alpha value is -7.28. The molecule has 0 bridgehead atoms. The summed E-state index contributed by atoms with van der Waals surface area (Å²) in [6, 6.07) is 78.4. The first-order chi connectivity index (χ1) is 29.0. The molecule has 0 fully saturated rings. The lowest BCUT2D eigenvalue weighted by Crippen LogP contribution is -2.14. The Balaban J connectivity index is 1.16. The summed E-state index contributed by atoms with van der Waals surface area (Å²) in [4.78, 5) is 0. The van der Waals surface area contributed by atoms with Gasteiger partial charge in [0.15, 0.2) is 0 Å². The third-order valence-electron chi connectivity index (χ3n) is 12.6. The van der Waals surface area contributed by atoms with Gasteiger partial charge in [-0.3, -0.25) is 0 Å². The molecule has 0 heteroatoms. The van der Waals surface area contributed by atoms with Gasteiger partial charge in [-0.25, -0.2) is 0 Å². The first-order valence-corrected chi connectivity index (χ1v) is 20.7. The lowest BCUT2D eigenvalue weighted by atomic mass is 9.80. The molecule has 0 amide bonds. The van der Waals surface area contributed by atoms with Crippen molar-refractivity contribution in [1.29, 1.82) is 0 Å². The molecular formula is C59H42. The van der Waals surface area contributed by atoms with Crippen molar-refractivity contribution in [1.82, 2.24) is 0 Å². The molecular weight excluding hydrogens is 709 g/mol. The summed E-state index contributed by atoms with van der Waals surface area (Å²) < 4.78 is 0. The van der Waals surface area contributed by atoms with Crippen LogP contribution < -0.4 is 0 Å². The fourth-order valence-corrected chi connectivity index (χ4v) is 9.73. The largest absolute Gasteiger partial charge is 0.0622 e. The van der Waals surface area contributed by atoms with Gasteiger partial charge < -0.3 is 0 Å². The van der Waals surface area contributed by atoms with E-state index in [9.17, 15) is 0 Å². The van der Waals surface area contributed by atoms with E-state index >= 15 is 0 Å². The molecule has 0 saturated carbocycles. The van der Waals surface area contributed by atoms with Gasteiger partial charge in [-0.15, -0.1) is 0 Å². The van der Waals surface area contributed by atoms with Crippen LogP contribution >= 0.6 is 0 Å². The van der Waals surface area contributed by atoms with Gasteiger partial charge in [-0.2, -0.15) is 0 Å². The molecule has 0 aromatic heterocycles. The first kappa shape index (κ1) is 34.9. The average molecular weight is 751 g/mol. The van der Waals surface area contributed by atoms with E-state index in [-0.39, 0.29) is 5.41 Å². The Morgan fingerprint density at radius 1 is 0.356 bits per heavy atom. The third kappa shape index (κ3) is 5.91. The molecule has 1 aliphatic rings. The second-order valence-corrected chi connectivity index (χ2v) is 16.5. The van der Waals surface area contributed by atoms with Crippen LogP contribution in [0.15, 0.2) is 212 Å². The third-order valence-corrected chi connectivity index (χ3v) is 12.6. The number of fused-ring (bicyclic) bond motifs is 6. The monoisotopic (exact) mass is 750 g/mol. The highest BCUT2D eigenvalue weighted by Gasteiger charge is 2.35. The fraction of sp³-hybridized carbons (Fsp3) is 0.0508. The maximum Gasteiger partial charge on any atom is 0.0159 e. The van der Waals surface area contributed by atoms with Crippen molar-refractivity contribution >= 4 is 44.0 Å². The normalized spacial score (nSPS) is 12.7. The van der Waals surface area contributed by atoms with Crippen LogP contribution in [0.5, 0.6) is 0 Å². The highest BCUT2D eigenvalue weighted by atomic mass is 14.4. The quantitative estimate of drug-likeness (QED) is 0.117. The molecule has 10 aromatic rings. The topological polar surface area (TPSA) is 0 Å². The summed E-state index contributed by atoms with van der Waals surface area (Å²) >= 11 is 0. The van der Waals surface area contributed by atoms with Crippen molar-refractivity contribution in [3.05, 3.63) is 240 Å². The van der Waals surface area contributed by atoms with Crippen LogP contribution in [0.4, 0.5) is 0 Å². The zero-order chi connectivity index (χ0) is 39.5. The van der Waals surface area contributed by atoms with E-state index in [0.29, 0.717) is 0 Å². The predicted molar refractivity (Wildman–Crippen MR) is 253 cm³/mol. The Bertz CT molecular complexity index is 3230. The van der Waals surface area contributed by atoms with Gasteiger partial charge in [0.05, 0.1) is 0 Å².